The Bertz CT molecular complexity index is 313. The Morgan fingerprint density at radius 1 is 1.38 bits per heavy atom. The first kappa shape index (κ1) is 10.6. The Labute approximate surface area is 86.3 Å². The average Bonchev–Trinajstić information content (AvgIpc) is 2.03. The van der Waals surface area contributed by atoms with Crippen LogP contribution in [0.15, 0.2) is 12.1 Å². The van der Waals surface area contributed by atoms with Crippen LogP contribution >= 0.6 is 22.6 Å². The van der Waals surface area contributed by atoms with Crippen molar-refractivity contribution >= 4 is 22.6 Å². The summed E-state index contributed by atoms with van der Waals surface area (Å²) in [7, 11) is 1.27. The molecule has 0 radical (unpaired) electrons. The molecule has 1 aromatic rings. The van der Waals surface area contributed by atoms with Crippen LogP contribution in [-0.4, -0.2) is 12.1 Å². The molecule has 6 heteroatoms. The van der Waals surface area contributed by atoms with Gasteiger partial charge in [-0.25, -0.2) is 4.98 Å². The molecule has 13 heavy (non-hydrogen) atoms. The Balaban J connectivity index is 3.19. The Morgan fingerprint density at radius 2 is 2.00 bits per heavy atom. The second kappa shape index (κ2) is 3.69. The quantitative estimate of drug-likeness (QED) is 0.744. The van der Waals surface area contributed by atoms with Gasteiger partial charge in [0, 0.05) is 9.64 Å². The van der Waals surface area contributed by atoms with Gasteiger partial charge in [-0.3, -0.25) is 0 Å². The van der Waals surface area contributed by atoms with E-state index in [1.54, 1.807) is 22.6 Å². The minimum absolute atomic E-state index is 0.0345. The molecular weight excluding hydrogens is 298 g/mol. The van der Waals surface area contributed by atoms with E-state index in [-0.39, 0.29) is 9.45 Å². The van der Waals surface area contributed by atoms with Crippen molar-refractivity contribution in [3.63, 3.8) is 0 Å². The normalized spacial score (nSPS) is 11.5. The number of pyridine rings is 1. The maximum atomic E-state index is 12.2. The maximum Gasteiger partial charge on any atom is 0.434 e. The minimum atomic E-state index is -4.43. The monoisotopic (exact) mass is 303 g/mol. The average molecular weight is 303 g/mol. The van der Waals surface area contributed by atoms with Gasteiger partial charge < -0.3 is 4.74 Å². The van der Waals surface area contributed by atoms with Crippen LogP contribution < -0.4 is 4.74 Å². The summed E-state index contributed by atoms with van der Waals surface area (Å²) in [6.45, 7) is 0. The molecule has 0 aliphatic rings. The van der Waals surface area contributed by atoms with Crippen molar-refractivity contribution in [3.05, 3.63) is 21.4 Å². The highest BCUT2D eigenvalue weighted by atomic mass is 127. The number of methoxy groups -OCH3 is 1. The van der Waals surface area contributed by atoms with Gasteiger partial charge in [0.15, 0.2) is 5.69 Å². The van der Waals surface area contributed by atoms with Crippen molar-refractivity contribution < 1.29 is 17.9 Å². The molecule has 0 aliphatic carbocycles. The molecule has 0 N–H and O–H groups in total. The molecule has 0 spiro atoms. The van der Waals surface area contributed by atoms with E-state index in [1.165, 1.54) is 19.2 Å². The van der Waals surface area contributed by atoms with Gasteiger partial charge in [0.1, 0.15) is 0 Å². The molecule has 0 aliphatic heterocycles. The molecule has 1 aromatic heterocycles. The van der Waals surface area contributed by atoms with E-state index in [1.807, 2.05) is 0 Å². The summed E-state index contributed by atoms with van der Waals surface area (Å²) >= 11 is 1.58. The third-order valence-corrected chi connectivity index (χ3v) is 2.17. The summed E-state index contributed by atoms with van der Waals surface area (Å²) in [5.74, 6) is -0.0345. The molecule has 1 rings (SSSR count). The van der Waals surface area contributed by atoms with Crippen LogP contribution in [0.2, 0.25) is 0 Å². The maximum absolute atomic E-state index is 12.2. The molecular formula is C7H5F3INO. The number of aromatic nitrogens is 1. The van der Waals surface area contributed by atoms with Crippen molar-refractivity contribution in [2.24, 2.45) is 0 Å². The third kappa shape index (κ3) is 2.45. The first-order chi connectivity index (χ1) is 5.95. The van der Waals surface area contributed by atoms with E-state index < -0.39 is 11.9 Å². The molecule has 72 valence electrons. The van der Waals surface area contributed by atoms with E-state index in [9.17, 15) is 13.2 Å². The van der Waals surface area contributed by atoms with Gasteiger partial charge in [0.2, 0.25) is 5.88 Å². The molecule has 0 unspecified atom stereocenters. The lowest BCUT2D eigenvalue weighted by molar-refractivity contribution is -0.142. The summed E-state index contributed by atoms with van der Waals surface area (Å²) in [4.78, 5) is 3.31. The predicted octanol–water partition coefficient (Wildman–Crippen LogP) is 2.71. The standard InChI is InChI=1S/C7H5F3INO/c1-13-5-3-2-4(11)6(12-5)7(8,9)10/h2-3H,1H3. The highest BCUT2D eigenvalue weighted by Gasteiger charge is 2.35. The van der Waals surface area contributed by atoms with Crippen LogP contribution in [0.5, 0.6) is 5.88 Å². The summed E-state index contributed by atoms with van der Waals surface area (Å²) in [5, 5.41) is 0. The van der Waals surface area contributed by atoms with E-state index in [0.717, 1.165) is 0 Å². The van der Waals surface area contributed by atoms with Crippen LogP contribution in [0.1, 0.15) is 5.69 Å². The number of hydrogen-bond donors (Lipinski definition) is 0. The zero-order chi connectivity index (χ0) is 10.1. The smallest absolute Gasteiger partial charge is 0.434 e. The fourth-order valence-electron chi connectivity index (χ4n) is 0.737. The summed E-state index contributed by atoms with van der Waals surface area (Å²) in [5.41, 5.74) is -0.910. The predicted molar refractivity (Wildman–Crippen MR) is 48.5 cm³/mol. The van der Waals surface area contributed by atoms with E-state index >= 15 is 0 Å². The largest absolute Gasteiger partial charge is 0.481 e. The van der Waals surface area contributed by atoms with E-state index in [4.69, 9.17) is 0 Å². The van der Waals surface area contributed by atoms with E-state index in [2.05, 4.69) is 9.72 Å². The lowest BCUT2D eigenvalue weighted by Gasteiger charge is -2.08. The molecule has 0 saturated carbocycles. The fraction of sp³-hybridized carbons (Fsp3) is 0.286. The van der Waals surface area contributed by atoms with Crippen molar-refractivity contribution in [1.29, 1.82) is 0 Å². The minimum Gasteiger partial charge on any atom is -0.481 e. The zero-order valence-corrected chi connectivity index (χ0v) is 8.68. The van der Waals surface area contributed by atoms with Gasteiger partial charge in [-0.05, 0) is 28.7 Å². The number of nitrogens with zero attached hydrogens (tertiary/aromatic N) is 1. The van der Waals surface area contributed by atoms with Crippen LogP contribution in [0.25, 0.3) is 0 Å². The summed E-state index contributed by atoms with van der Waals surface area (Å²) in [6.07, 6.45) is -4.43. The molecule has 0 aromatic carbocycles. The van der Waals surface area contributed by atoms with Crippen molar-refractivity contribution in [2.45, 2.75) is 6.18 Å². The zero-order valence-electron chi connectivity index (χ0n) is 6.52. The molecule has 0 fully saturated rings. The Hall–Kier alpha value is -0.530. The lowest BCUT2D eigenvalue weighted by Crippen LogP contribution is -2.10. The second-order valence-corrected chi connectivity index (χ2v) is 3.34. The van der Waals surface area contributed by atoms with Gasteiger partial charge in [-0.2, -0.15) is 13.2 Å². The Kier molecular flexibility index (Phi) is 2.99. The second-order valence-electron chi connectivity index (χ2n) is 2.18. The number of halogens is 4. The van der Waals surface area contributed by atoms with Crippen molar-refractivity contribution in [2.75, 3.05) is 7.11 Å². The van der Waals surface area contributed by atoms with Crippen LogP contribution in [0.4, 0.5) is 13.2 Å². The van der Waals surface area contributed by atoms with Crippen LogP contribution in [-0.2, 0) is 6.18 Å². The molecule has 0 bridgehead atoms. The first-order valence-corrected chi connectivity index (χ1v) is 4.30. The SMILES string of the molecule is COc1ccc(I)c(C(F)(F)F)n1. The van der Waals surface area contributed by atoms with Gasteiger partial charge in [-0.15, -0.1) is 0 Å². The fourth-order valence-corrected chi connectivity index (χ4v) is 1.34. The molecule has 2 nitrogen and oxygen atoms in total. The highest BCUT2D eigenvalue weighted by Crippen LogP contribution is 2.32. The third-order valence-electron chi connectivity index (χ3n) is 1.30. The molecule has 0 atom stereocenters. The summed E-state index contributed by atoms with van der Waals surface area (Å²) in [6, 6.07) is 2.70. The number of rotatable bonds is 1. The summed E-state index contributed by atoms with van der Waals surface area (Å²) < 4.78 is 41.4. The molecule has 0 saturated heterocycles. The lowest BCUT2D eigenvalue weighted by atomic mass is 10.3. The number of alkyl halides is 3. The number of hydrogen-bond acceptors (Lipinski definition) is 2. The van der Waals surface area contributed by atoms with Gasteiger partial charge in [0.05, 0.1) is 7.11 Å². The van der Waals surface area contributed by atoms with Crippen LogP contribution in [0.3, 0.4) is 0 Å². The topological polar surface area (TPSA) is 22.1 Å². The number of ether oxygens (including phenoxy) is 1. The highest BCUT2D eigenvalue weighted by molar-refractivity contribution is 14.1. The van der Waals surface area contributed by atoms with Gasteiger partial charge in [-0.1, -0.05) is 0 Å². The van der Waals surface area contributed by atoms with Crippen molar-refractivity contribution in [1.82, 2.24) is 4.98 Å². The van der Waals surface area contributed by atoms with Gasteiger partial charge in [0.25, 0.3) is 0 Å². The first-order valence-electron chi connectivity index (χ1n) is 3.23. The molecule has 1 heterocycles. The van der Waals surface area contributed by atoms with E-state index in [0.29, 0.717) is 0 Å². The molecule has 0 amide bonds. The Morgan fingerprint density at radius 3 is 2.46 bits per heavy atom. The van der Waals surface area contributed by atoms with Crippen molar-refractivity contribution in [3.8, 4) is 5.88 Å². The van der Waals surface area contributed by atoms with Crippen LogP contribution in [0, 0.1) is 3.57 Å². The van der Waals surface area contributed by atoms with Gasteiger partial charge >= 0.3 is 6.18 Å².